The van der Waals surface area contributed by atoms with Crippen LogP contribution in [0.25, 0.3) is 0 Å². The Morgan fingerprint density at radius 2 is 2.40 bits per heavy atom. The van der Waals surface area contributed by atoms with E-state index in [0.717, 1.165) is 13.0 Å². The molecule has 5 nitrogen and oxygen atoms in total. The van der Waals surface area contributed by atoms with Gasteiger partial charge < -0.3 is 5.32 Å². The Kier molecular flexibility index (Phi) is 4.28. The fourth-order valence-electron chi connectivity index (χ4n) is 1.05. The molecule has 0 spiro atoms. The van der Waals surface area contributed by atoms with Crippen LogP contribution in [-0.2, 0) is 0 Å². The number of hydrogen-bond acceptors (Lipinski definition) is 4. The fraction of sp³-hybridized carbons (Fsp3) is 0.300. The lowest BCUT2D eigenvalue weighted by Crippen LogP contribution is -2.02. The summed E-state index contributed by atoms with van der Waals surface area (Å²) in [4.78, 5) is 13.8. The highest BCUT2D eigenvalue weighted by molar-refractivity contribution is 5.39. The number of allylic oxidation sites excluding steroid dienone is 1. The molecule has 5 heteroatoms. The van der Waals surface area contributed by atoms with Gasteiger partial charge in [0.25, 0.3) is 5.69 Å². The Bertz CT molecular complexity index is 346. The van der Waals surface area contributed by atoms with E-state index in [1.54, 1.807) is 6.07 Å². The summed E-state index contributed by atoms with van der Waals surface area (Å²) in [5.41, 5.74) is 0.00834. The zero-order valence-electron chi connectivity index (χ0n) is 8.51. The SMILES string of the molecule is C/C=C/CCNc1ccc([N+](=O)[O-])cn1. The van der Waals surface area contributed by atoms with Crippen LogP contribution in [0.3, 0.4) is 0 Å². The molecule has 1 N–H and O–H groups in total. The average Bonchev–Trinajstić information content (AvgIpc) is 2.25. The van der Waals surface area contributed by atoms with Gasteiger partial charge in [0.05, 0.1) is 4.92 Å². The second kappa shape index (κ2) is 5.74. The van der Waals surface area contributed by atoms with Crippen molar-refractivity contribution in [1.29, 1.82) is 0 Å². The van der Waals surface area contributed by atoms with Crippen LogP contribution < -0.4 is 5.32 Å². The average molecular weight is 207 g/mol. The lowest BCUT2D eigenvalue weighted by Gasteiger charge is -2.02. The molecule has 0 saturated carbocycles. The van der Waals surface area contributed by atoms with E-state index in [0.29, 0.717) is 5.82 Å². The van der Waals surface area contributed by atoms with Gasteiger partial charge >= 0.3 is 0 Å². The number of nitrogens with zero attached hydrogens (tertiary/aromatic N) is 2. The first kappa shape index (κ1) is 11.2. The number of anilines is 1. The van der Waals surface area contributed by atoms with E-state index < -0.39 is 4.92 Å². The van der Waals surface area contributed by atoms with E-state index in [4.69, 9.17) is 0 Å². The van der Waals surface area contributed by atoms with E-state index in [1.165, 1.54) is 12.3 Å². The molecular weight excluding hydrogens is 194 g/mol. The normalized spacial score (nSPS) is 10.5. The molecular formula is C10H13N3O2. The summed E-state index contributed by atoms with van der Waals surface area (Å²) in [5.74, 6) is 0.658. The van der Waals surface area contributed by atoms with Crippen molar-refractivity contribution in [3.8, 4) is 0 Å². The van der Waals surface area contributed by atoms with Gasteiger partial charge in [0.15, 0.2) is 0 Å². The van der Waals surface area contributed by atoms with Gasteiger partial charge in [0.1, 0.15) is 12.0 Å². The standard InChI is InChI=1S/C10H13N3O2/c1-2-3-4-7-11-10-6-5-9(8-12-10)13(14)15/h2-3,5-6,8H,4,7H2,1H3,(H,11,12)/b3-2+. The first-order valence-corrected chi connectivity index (χ1v) is 4.69. The van der Waals surface area contributed by atoms with Gasteiger partial charge in [-0.15, -0.1) is 0 Å². The van der Waals surface area contributed by atoms with E-state index in [2.05, 4.69) is 10.3 Å². The summed E-state index contributed by atoms with van der Waals surface area (Å²) in [6.45, 7) is 2.74. The Labute approximate surface area is 88.0 Å². The van der Waals surface area contributed by atoms with Crippen LogP contribution in [0.5, 0.6) is 0 Å². The van der Waals surface area contributed by atoms with Crippen LogP contribution in [0.1, 0.15) is 13.3 Å². The summed E-state index contributed by atoms with van der Waals surface area (Å²) in [5, 5.41) is 13.4. The summed E-state index contributed by atoms with van der Waals surface area (Å²) in [6.07, 6.45) is 6.18. The molecule has 0 radical (unpaired) electrons. The molecule has 1 aromatic heterocycles. The van der Waals surface area contributed by atoms with Crippen molar-refractivity contribution in [2.75, 3.05) is 11.9 Å². The molecule has 0 fully saturated rings. The summed E-state index contributed by atoms with van der Waals surface area (Å²) >= 11 is 0. The van der Waals surface area contributed by atoms with Crippen molar-refractivity contribution in [3.63, 3.8) is 0 Å². The third-order valence-electron chi connectivity index (χ3n) is 1.81. The zero-order chi connectivity index (χ0) is 11.1. The van der Waals surface area contributed by atoms with Crippen LogP contribution >= 0.6 is 0 Å². The quantitative estimate of drug-likeness (QED) is 0.348. The van der Waals surface area contributed by atoms with E-state index in [9.17, 15) is 10.1 Å². The molecule has 0 bridgehead atoms. The molecule has 15 heavy (non-hydrogen) atoms. The molecule has 0 aliphatic carbocycles. The largest absolute Gasteiger partial charge is 0.370 e. The third-order valence-corrected chi connectivity index (χ3v) is 1.81. The second-order valence-electron chi connectivity index (χ2n) is 2.94. The Balaban J connectivity index is 2.46. The van der Waals surface area contributed by atoms with Crippen molar-refractivity contribution < 1.29 is 4.92 Å². The maximum atomic E-state index is 10.3. The maximum Gasteiger partial charge on any atom is 0.287 e. The molecule has 0 unspecified atom stereocenters. The Hall–Kier alpha value is -1.91. The van der Waals surface area contributed by atoms with Crippen LogP contribution in [0.2, 0.25) is 0 Å². The number of pyridine rings is 1. The van der Waals surface area contributed by atoms with Gasteiger partial charge in [-0.05, 0) is 19.4 Å². The minimum absolute atomic E-state index is 0.00834. The minimum atomic E-state index is -0.462. The Morgan fingerprint density at radius 3 is 2.93 bits per heavy atom. The first-order chi connectivity index (χ1) is 7.24. The molecule has 0 saturated heterocycles. The van der Waals surface area contributed by atoms with Crippen LogP contribution in [0.15, 0.2) is 30.5 Å². The molecule has 80 valence electrons. The van der Waals surface area contributed by atoms with Crippen molar-refractivity contribution in [3.05, 3.63) is 40.6 Å². The van der Waals surface area contributed by atoms with Gasteiger partial charge in [-0.1, -0.05) is 12.2 Å². The summed E-state index contributed by atoms with van der Waals surface area (Å²) in [7, 11) is 0. The summed E-state index contributed by atoms with van der Waals surface area (Å²) < 4.78 is 0. The smallest absolute Gasteiger partial charge is 0.287 e. The van der Waals surface area contributed by atoms with E-state index in [1.807, 2.05) is 19.1 Å². The lowest BCUT2D eigenvalue weighted by molar-refractivity contribution is -0.385. The molecule has 0 aliphatic heterocycles. The summed E-state index contributed by atoms with van der Waals surface area (Å²) in [6, 6.07) is 3.04. The van der Waals surface area contributed by atoms with Crippen LogP contribution in [0.4, 0.5) is 11.5 Å². The lowest BCUT2D eigenvalue weighted by atomic mass is 10.3. The van der Waals surface area contributed by atoms with Crippen LogP contribution in [0, 0.1) is 10.1 Å². The highest BCUT2D eigenvalue weighted by Crippen LogP contribution is 2.11. The van der Waals surface area contributed by atoms with E-state index in [-0.39, 0.29) is 5.69 Å². The molecule has 0 aromatic carbocycles. The van der Waals surface area contributed by atoms with Crippen molar-refractivity contribution in [1.82, 2.24) is 4.98 Å². The highest BCUT2D eigenvalue weighted by Gasteiger charge is 2.03. The van der Waals surface area contributed by atoms with Gasteiger partial charge in [0, 0.05) is 12.6 Å². The molecule has 1 rings (SSSR count). The number of nitro groups is 1. The number of nitrogens with one attached hydrogen (secondary N) is 1. The second-order valence-corrected chi connectivity index (χ2v) is 2.94. The van der Waals surface area contributed by atoms with Crippen molar-refractivity contribution in [2.45, 2.75) is 13.3 Å². The predicted octanol–water partition coefficient (Wildman–Crippen LogP) is 2.37. The van der Waals surface area contributed by atoms with Gasteiger partial charge in [0.2, 0.25) is 0 Å². The predicted molar refractivity (Wildman–Crippen MR) is 58.8 cm³/mol. The topological polar surface area (TPSA) is 68.1 Å². The molecule has 1 aromatic rings. The van der Waals surface area contributed by atoms with Crippen LogP contribution in [-0.4, -0.2) is 16.5 Å². The minimum Gasteiger partial charge on any atom is -0.370 e. The molecule has 0 aliphatic rings. The van der Waals surface area contributed by atoms with Gasteiger partial charge in [-0.2, -0.15) is 0 Å². The van der Waals surface area contributed by atoms with E-state index >= 15 is 0 Å². The first-order valence-electron chi connectivity index (χ1n) is 4.69. The number of rotatable bonds is 5. The van der Waals surface area contributed by atoms with Gasteiger partial charge in [-0.3, -0.25) is 10.1 Å². The zero-order valence-corrected chi connectivity index (χ0v) is 8.51. The molecule has 1 heterocycles. The third kappa shape index (κ3) is 3.76. The fourth-order valence-corrected chi connectivity index (χ4v) is 1.05. The molecule has 0 atom stereocenters. The molecule has 0 amide bonds. The number of hydrogen-bond donors (Lipinski definition) is 1. The monoisotopic (exact) mass is 207 g/mol. The highest BCUT2D eigenvalue weighted by atomic mass is 16.6. The Morgan fingerprint density at radius 1 is 1.60 bits per heavy atom. The van der Waals surface area contributed by atoms with Crippen molar-refractivity contribution in [2.24, 2.45) is 0 Å². The van der Waals surface area contributed by atoms with Gasteiger partial charge in [-0.25, -0.2) is 4.98 Å². The number of aromatic nitrogens is 1. The van der Waals surface area contributed by atoms with Crippen molar-refractivity contribution >= 4 is 11.5 Å². The maximum absolute atomic E-state index is 10.3.